The highest BCUT2D eigenvalue weighted by Gasteiger charge is 2.31. The van der Waals surface area contributed by atoms with Crippen LogP contribution in [0.1, 0.15) is 13.3 Å². The van der Waals surface area contributed by atoms with E-state index in [1.165, 1.54) is 23.5 Å². The number of anilines is 1. The van der Waals surface area contributed by atoms with Crippen molar-refractivity contribution in [2.75, 3.05) is 5.32 Å². The standard InChI is InChI=1S/C19H15F3N2O2S/c1-2-16(25)24-17-11-15(18(27-17)13-7-9-23-10-8-13)12-3-5-14(6-4-12)26-19(20,21)22/h3-11H,2H2,1H3,(H,24,25). The molecule has 3 rings (SSSR count). The Morgan fingerprint density at radius 2 is 1.78 bits per heavy atom. The Bertz CT molecular complexity index is 922. The molecular formula is C19H15F3N2O2S. The number of alkyl halides is 3. The highest BCUT2D eigenvalue weighted by atomic mass is 32.1. The summed E-state index contributed by atoms with van der Waals surface area (Å²) in [6.07, 6.45) is -1.07. The summed E-state index contributed by atoms with van der Waals surface area (Å²) in [5, 5.41) is 3.49. The number of thiophene rings is 1. The molecule has 4 nitrogen and oxygen atoms in total. The van der Waals surface area contributed by atoms with Crippen LogP contribution in [-0.2, 0) is 4.79 Å². The molecule has 0 aliphatic rings. The Morgan fingerprint density at radius 3 is 2.37 bits per heavy atom. The maximum atomic E-state index is 12.3. The third-order valence-corrected chi connectivity index (χ3v) is 4.76. The quantitative estimate of drug-likeness (QED) is 0.604. The first kappa shape index (κ1) is 18.9. The van der Waals surface area contributed by atoms with Crippen LogP contribution in [0.5, 0.6) is 5.75 Å². The van der Waals surface area contributed by atoms with Crippen LogP contribution in [0, 0.1) is 0 Å². The van der Waals surface area contributed by atoms with E-state index in [-0.39, 0.29) is 11.7 Å². The molecular weight excluding hydrogens is 377 g/mol. The summed E-state index contributed by atoms with van der Waals surface area (Å²) >= 11 is 1.39. The van der Waals surface area contributed by atoms with Gasteiger partial charge in [-0.1, -0.05) is 19.1 Å². The third kappa shape index (κ3) is 4.85. The van der Waals surface area contributed by atoms with Gasteiger partial charge in [-0.15, -0.1) is 24.5 Å². The van der Waals surface area contributed by atoms with Crippen molar-refractivity contribution in [3.05, 3.63) is 54.9 Å². The fraction of sp³-hybridized carbons (Fsp3) is 0.158. The maximum absolute atomic E-state index is 12.3. The summed E-state index contributed by atoms with van der Waals surface area (Å²) in [6, 6.07) is 11.1. The van der Waals surface area contributed by atoms with Crippen molar-refractivity contribution in [3.8, 4) is 27.3 Å². The average molecular weight is 392 g/mol. The summed E-state index contributed by atoms with van der Waals surface area (Å²) in [6.45, 7) is 1.76. The number of rotatable bonds is 5. The molecule has 1 N–H and O–H groups in total. The topological polar surface area (TPSA) is 51.2 Å². The average Bonchev–Trinajstić information content (AvgIpc) is 3.05. The zero-order valence-corrected chi connectivity index (χ0v) is 15.0. The van der Waals surface area contributed by atoms with Gasteiger partial charge in [-0.25, -0.2) is 0 Å². The second-order valence-corrected chi connectivity index (χ2v) is 6.62. The minimum atomic E-state index is -4.73. The molecule has 8 heteroatoms. The molecule has 0 atom stereocenters. The highest BCUT2D eigenvalue weighted by molar-refractivity contribution is 7.20. The lowest BCUT2D eigenvalue weighted by atomic mass is 10.0. The van der Waals surface area contributed by atoms with Gasteiger partial charge in [-0.2, -0.15) is 0 Å². The number of pyridine rings is 1. The normalized spacial score (nSPS) is 11.3. The highest BCUT2D eigenvalue weighted by Crippen LogP contribution is 2.42. The van der Waals surface area contributed by atoms with Crippen molar-refractivity contribution in [2.45, 2.75) is 19.7 Å². The van der Waals surface area contributed by atoms with Crippen LogP contribution in [-0.4, -0.2) is 17.3 Å². The van der Waals surface area contributed by atoms with Gasteiger partial charge in [-0.3, -0.25) is 9.78 Å². The molecule has 0 saturated carbocycles. The Labute approximate surface area is 157 Å². The van der Waals surface area contributed by atoms with E-state index in [0.29, 0.717) is 17.0 Å². The second kappa shape index (κ2) is 7.79. The van der Waals surface area contributed by atoms with Crippen LogP contribution in [0.15, 0.2) is 54.9 Å². The van der Waals surface area contributed by atoms with E-state index >= 15 is 0 Å². The molecule has 1 amide bonds. The summed E-state index contributed by atoms with van der Waals surface area (Å²) in [7, 11) is 0. The summed E-state index contributed by atoms with van der Waals surface area (Å²) in [5.74, 6) is -0.399. The lowest BCUT2D eigenvalue weighted by molar-refractivity contribution is -0.274. The van der Waals surface area contributed by atoms with Gasteiger partial charge in [0.1, 0.15) is 5.75 Å². The Balaban J connectivity index is 1.99. The van der Waals surface area contributed by atoms with Gasteiger partial charge in [-0.05, 0) is 41.5 Å². The summed E-state index contributed by atoms with van der Waals surface area (Å²) in [5.41, 5.74) is 2.42. The smallest absolute Gasteiger partial charge is 0.406 e. The fourth-order valence-electron chi connectivity index (χ4n) is 2.45. The molecule has 0 saturated heterocycles. The number of hydrogen-bond acceptors (Lipinski definition) is 4. The number of benzene rings is 1. The van der Waals surface area contributed by atoms with Crippen molar-refractivity contribution >= 4 is 22.2 Å². The molecule has 0 unspecified atom stereocenters. The van der Waals surface area contributed by atoms with Crippen LogP contribution in [0.4, 0.5) is 18.2 Å². The second-order valence-electron chi connectivity index (χ2n) is 5.56. The van der Waals surface area contributed by atoms with Gasteiger partial charge in [0, 0.05) is 29.3 Å². The molecule has 0 spiro atoms. The van der Waals surface area contributed by atoms with Gasteiger partial charge in [0.05, 0.1) is 5.00 Å². The number of aromatic nitrogens is 1. The SMILES string of the molecule is CCC(=O)Nc1cc(-c2ccc(OC(F)(F)F)cc2)c(-c2ccncc2)s1. The number of hydrogen-bond donors (Lipinski definition) is 1. The summed E-state index contributed by atoms with van der Waals surface area (Å²) in [4.78, 5) is 16.6. The molecule has 0 aliphatic heterocycles. The zero-order chi connectivity index (χ0) is 19.4. The van der Waals surface area contributed by atoms with Crippen molar-refractivity contribution in [1.82, 2.24) is 4.98 Å². The maximum Gasteiger partial charge on any atom is 0.573 e. The van der Waals surface area contributed by atoms with Crippen molar-refractivity contribution in [1.29, 1.82) is 0 Å². The van der Waals surface area contributed by atoms with E-state index in [1.54, 1.807) is 31.5 Å². The van der Waals surface area contributed by atoms with Crippen LogP contribution in [0.2, 0.25) is 0 Å². The number of nitrogens with one attached hydrogen (secondary N) is 1. The molecule has 0 radical (unpaired) electrons. The molecule has 27 heavy (non-hydrogen) atoms. The van der Waals surface area contributed by atoms with Crippen LogP contribution in [0.25, 0.3) is 21.6 Å². The first-order chi connectivity index (χ1) is 12.9. The predicted molar refractivity (Wildman–Crippen MR) is 98.6 cm³/mol. The third-order valence-electron chi connectivity index (χ3n) is 3.66. The minimum Gasteiger partial charge on any atom is -0.406 e. The summed E-state index contributed by atoms with van der Waals surface area (Å²) < 4.78 is 40.9. The first-order valence-electron chi connectivity index (χ1n) is 8.06. The molecule has 140 valence electrons. The lowest BCUT2D eigenvalue weighted by Gasteiger charge is -2.09. The van der Waals surface area contributed by atoms with Crippen LogP contribution >= 0.6 is 11.3 Å². The molecule has 0 bridgehead atoms. The van der Waals surface area contributed by atoms with Crippen molar-refractivity contribution in [3.63, 3.8) is 0 Å². The Morgan fingerprint density at radius 1 is 1.11 bits per heavy atom. The van der Waals surface area contributed by atoms with E-state index in [0.717, 1.165) is 16.0 Å². The molecule has 0 aliphatic carbocycles. The van der Waals surface area contributed by atoms with E-state index < -0.39 is 6.36 Å². The number of halogens is 3. The number of nitrogens with zero attached hydrogens (tertiary/aromatic N) is 1. The van der Waals surface area contributed by atoms with Crippen molar-refractivity contribution in [2.24, 2.45) is 0 Å². The first-order valence-corrected chi connectivity index (χ1v) is 8.87. The van der Waals surface area contributed by atoms with E-state index in [1.807, 2.05) is 18.2 Å². The minimum absolute atomic E-state index is 0.113. The van der Waals surface area contributed by atoms with Crippen LogP contribution in [0.3, 0.4) is 0 Å². The molecule has 2 heterocycles. The Kier molecular flexibility index (Phi) is 5.46. The monoisotopic (exact) mass is 392 g/mol. The predicted octanol–water partition coefficient (Wildman–Crippen LogP) is 5.72. The van der Waals surface area contributed by atoms with Crippen molar-refractivity contribution < 1.29 is 22.7 Å². The van der Waals surface area contributed by atoms with Gasteiger partial charge < -0.3 is 10.1 Å². The van der Waals surface area contributed by atoms with E-state index in [9.17, 15) is 18.0 Å². The molecule has 0 fully saturated rings. The van der Waals surface area contributed by atoms with Gasteiger partial charge in [0.25, 0.3) is 0 Å². The number of carbonyl (C=O) groups excluding carboxylic acids is 1. The Hall–Kier alpha value is -2.87. The number of carbonyl (C=O) groups is 1. The van der Waals surface area contributed by atoms with E-state index in [2.05, 4.69) is 15.0 Å². The zero-order valence-electron chi connectivity index (χ0n) is 14.2. The fourth-order valence-corrected chi connectivity index (χ4v) is 3.55. The van der Waals surface area contributed by atoms with E-state index in [4.69, 9.17) is 0 Å². The van der Waals surface area contributed by atoms with Gasteiger partial charge in [0.2, 0.25) is 5.91 Å². The van der Waals surface area contributed by atoms with Crippen LogP contribution < -0.4 is 10.1 Å². The van der Waals surface area contributed by atoms with Gasteiger partial charge in [0.15, 0.2) is 0 Å². The largest absolute Gasteiger partial charge is 0.573 e. The lowest BCUT2D eigenvalue weighted by Crippen LogP contribution is -2.16. The van der Waals surface area contributed by atoms with Gasteiger partial charge >= 0.3 is 6.36 Å². The molecule has 1 aromatic carbocycles. The number of amides is 1. The number of ether oxygens (including phenoxy) is 1. The molecule has 3 aromatic rings. The molecule has 2 aromatic heterocycles.